The van der Waals surface area contributed by atoms with Crippen LogP contribution in [0, 0.1) is 5.82 Å². The van der Waals surface area contributed by atoms with E-state index >= 15 is 0 Å². The SMILES string of the molecule is CCNc1ccccc1.Fc1ccccc1. The summed E-state index contributed by atoms with van der Waals surface area (Å²) in [5.74, 6) is -0.178. The van der Waals surface area contributed by atoms with Crippen molar-refractivity contribution in [1.82, 2.24) is 0 Å². The number of para-hydroxylation sites is 1. The monoisotopic (exact) mass is 217 g/mol. The topological polar surface area (TPSA) is 12.0 Å². The molecule has 1 N–H and O–H groups in total. The number of halogens is 1. The normalized spacial score (nSPS) is 8.88. The Morgan fingerprint density at radius 3 is 1.75 bits per heavy atom. The second-order valence-electron chi connectivity index (χ2n) is 3.19. The van der Waals surface area contributed by atoms with Crippen molar-refractivity contribution in [3.8, 4) is 0 Å². The molecule has 2 heteroatoms. The van der Waals surface area contributed by atoms with E-state index in [4.69, 9.17) is 0 Å². The minimum absolute atomic E-state index is 0.178. The molecule has 0 aromatic heterocycles. The fourth-order valence-corrected chi connectivity index (χ4v) is 1.17. The molecule has 0 saturated carbocycles. The van der Waals surface area contributed by atoms with Crippen LogP contribution >= 0.6 is 0 Å². The van der Waals surface area contributed by atoms with Gasteiger partial charge >= 0.3 is 0 Å². The predicted molar refractivity (Wildman–Crippen MR) is 67.0 cm³/mol. The third-order valence-electron chi connectivity index (χ3n) is 1.89. The molecule has 0 amide bonds. The lowest BCUT2D eigenvalue weighted by atomic mass is 10.3. The molecule has 84 valence electrons. The molecule has 2 rings (SSSR count). The maximum Gasteiger partial charge on any atom is 0.123 e. The van der Waals surface area contributed by atoms with Gasteiger partial charge in [0.15, 0.2) is 0 Å². The minimum Gasteiger partial charge on any atom is -0.385 e. The first-order valence-electron chi connectivity index (χ1n) is 5.32. The third-order valence-corrected chi connectivity index (χ3v) is 1.89. The van der Waals surface area contributed by atoms with E-state index in [0.717, 1.165) is 6.54 Å². The van der Waals surface area contributed by atoms with E-state index in [0.29, 0.717) is 0 Å². The summed E-state index contributed by atoms with van der Waals surface area (Å²) in [7, 11) is 0. The van der Waals surface area contributed by atoms with Gasteiger partial charge in [-0.15, -0.1) is 0 Å². The largest absolute Gasteiger partial charge is 0.385 e. The van der Waals surface area contributed by atoms with E-state index in [1.54, 1.807) is 18.2 Å². The molecule has 0 unspecified atom stereocenters. The number of anilines is 1. The van der Waals surface area contributed by atoms with Crippen molar-refractivity contribution in [1.29, 1.82) is 0 Å². The molecule has 0 spiro atoms. The minimum atomic E-state index is -0.178. The Bertz CT molecular complexity index is 372. The van der Waals surface area contributed by atoms with Crippen LogP contribution in [0.4, 0.5) is 10.1 Å². The highest BCUT2D eigenvalue weighted by Gasteiger charge is 1.81. The van der Waals surface area contributed by atoms with Crippen molar-refractivity contribution in [3.63, 3.8) is 0 Å². The molecule has 0 atom stereocenters. The fourth-order valence-electron chi connectivity index (χ4n) is 1.17. The van der Waals surface area contributed by atoms with Gasteiger partial charge in [0.2, 0.25) is 0 Å². The number of benzene rings is 2. The van der Waals surface area contributed by atoms with Crippen LogP contribution in [0.5, 0.6) is 0 Å². The van der Waals surface area contributed by atoms with Gasteiger partial charge in [-0.05, 0) is 31.2 Å². The Hall–Kier alpha value is -1.83. The molecule has 0 aliphatic heterocycles. The van der Waals surface area contributed by atoms with Crippen LogP contribution in [0.25, 0.3) is 0 Å². The molecular formula is C14H16FN. The van der Waals surface area contributed by atoms with Crippen molar-refractivity contribution >= 4 is 5.69 Å². The molecule has 2 aromatic rings. The fraction of sp³-hybridized carbons (Fsp3) is 0.143. The zero-order valence-electron chi connectivity index (χ0n) is 9.36. The summed E-state index contributed by atoms with van der Waals surface area (Å²) in [4.78, 5) is 0. The van der Waals surface area contributed by atoms with Crippen LogP contribution in [0.1, 0.15) is 6.92 Å². The Morgan fingerprint density at radius 2 is 1.38 bits per heavy atom. The van der Waals surface area contributed by atoms with E-state index in [-0.39, 0.29) is 5.82 Å². The second kappa shape index (κ2) is 7.46. The van der Waals surface area contributed by atoms with Crippen molar-refractivity contribution in [3.05, 3.63) is 66.5 Å². The average Bonchev–Trinajstić information content (AvgIpc) is 2.33. The van der Waals surface area contributed by atoms with Gasteiger partial charge in [-0.25, -0.2) is 4.39 Å². The number of hydrogen-bond acceptors (Lipinski definition) is 1. The maximum atomic E-state index is 11.9. The van der Waals surface area contributed by atoms with Crippen molar-refractivity contribution in [2.75, 3.05) is 11.9 Å². The molecule has 0 radical (unpaired) electrons. The lowest BCUT2D eigenvalue weighted by Crippen LogP contribution is -1.94. The number of rotatable bonds is 2. The molecule has 2 aromatic carbocycles. The van der Waals surface area contributed by atoms with Gasteiger partial charge in [-0.2, -0.15) is 0 Å². The summed E-state index contributed by atoms with van der Waals surface area (Å²) in [5, 5.41) is 3.21. The molecule has 1 nitrogen and oxygen atoms in total. The van der Waals surface area contributed by atoms with Crippen LogP contribution in [0.2, 0.25) is 0 Å². The van der Waals surface area contributed by atoms with E-state index in [1.165, 1.54) is 17.8 Å². The van der Waals surface area contributed by atoms with Gasteiger partial charge in [0.1, 0.15) is 5.82 Å². The first-order valence-corrected chi connectivity index (χ1v) is 5.32. The van der Waals surface area contributed by atoms with Gasteiger partial charge in [-0.1, -0.05) is 36.4 Å². The summed E-state index contributed by atoms with van der Waals surface area (Å²) >= 11 is 0. The van der Waals surface area contributed by atoms with Crippen LogP contribution < -0.4 is 5.32 Å². The maximum absolute atomic E-state index is 11.9. The van der Waals surface area contributed by atoms with Crippen molar-refractivity contribution in [2.45, 2.75) is 6.92 Å². The number of nitrogens with one attached hydrogen (secondary N) is 1. The van der Waals surface area contributed by atoms with E-state index in [9.17, 15) is 4.39 Å². The Kier molecular flexibility index (Phi) is 5.71. The first-order chi connectivity index (χ1) is 7.83. The van der Waals surface area contributed by atoms with Crippen LogP contribution in [0.15, 0.2) is 60.7 Å². The Labute approximate surface area is 95.9 Å². The van der Waals surface area contributed by atoms with Gasteiger partial charge < -0.3 is 5.32 Å². The highest BCUT2D eigenvalue weighted by Crippen LogP contribution is 2.02. The van der Waals surface area contributed by atoms with E-state index in [1.807, 2.05) is 18.2 Å². The second-order valence-corrected chi connectivity index (χ2v) is 3.19. The molecule has 0 heterocycles. The Balaban J connectivity index is 0.000000165. The molecule has 0 saturated heterocycles. The molecular weight excluding hydrogens is 201 g/mol. The molecule has 16 heavy (non-hydrogen) atoms. The van der Waals surface area contributed by atoms with E-state index in [2.05, 4.69) is 24.4 Å². The lowest BCUT2D eigenvalue weighted by Gasteiger charge is -1.99. The Morgan fingerprint density at radius 1 is 0.875 bits per heavy atom. The number of hydrogen-bond donors (Lipinski definition) is 1. The van der Waals surface area contributed by atoms with Crippen LogP contribution in [-0.2, 0) is 0 Å². The highest BCUT2D eigenvalue weighted by atomic mass is 19.1. The quantitative estimate of drug-likeness (QED) is 0.803. The predicted octanol–water partition coefficient (Wildman–Crippen LogP) is 3.94. The first kappa shape index (κ1) is 12.2. The van der Waals surface area contributed by atoms with Crippen LogP contribution in [-0.4, -0.2) is 6.54 Å². The molecule has 0 bridgehead atoms. The third kappa shape index (κ3) is 5.15. The van der Waals surface area contributed by atoms with Crippen LogP contribution in [0.3, 0.4) is 0 Å². The van der Waals surface area contributed by atoms with E-state index < -0.39 is 0 Å². The summed E-state index contributed by atoms with van der Waals surface area (Å²) in [6.07, 6.45) is 0. The van der Waals surface area contributed by atoms with Gasteiger partial charge in [0, 0.05) is 12.2 Å². The molecule has 0 fully saturated rings. The van der Waals surface area contributed by atoms with Crippen molar-refractivity contribution < 1.29 is 4.39 Å². The summed E-state index contributed by atoms with van der Waals surface area (Å²) < 4.78 is 11.9. The zero-order chi connectivity index (χ0) is 11.6. The van der Waals surface area contributed by atoms with Gasteiger partial charge in [0.25, 0.3) is 0 Å². The highest BCUT2D eigenvalue weighted by molar-refractivity contribution is 5.41. The smallest absolute Gasteiger partial charge is 0.123 e. The van der Waals surface area contributed by atoms with Gasteiger partial charge in [-0.3, -0.25) is 0 Å². The molecule has 0 aliphatic carbocycles. The van der Waals surface area contributed by atoms with Gasteiger partial charge in [0.05, 0.1) is 0 Å². The average molecular weight is 217 g/mol. The summed E-state index contributed by atoms with van der Waals surface area (Å²) in [6, 6.07) is 18.1. The molecule has 0 aliphatic rings. The summed E-state index contributed by atoms with van der Waals surface area (Å²) in [5.41, 5.74) is 1.19. The zero-order valence-corrected chi connectivity index (χ0v) is 9.36. The summed E-state index contributed by atoms with van der Waals surface area (Å²) in [6.45, 7) is 3.08. The lowest BCUT2D eigenvalue weighted by molar-refractivity contribution is 0.628. The van der Waals surface area contributed by atoms with Crippen molar-refractivity contribution in [2.24, 2.45) is 0 Å². The standard InChI is InChI=1S/C8H11N.C6H5F/c1-2-9-8-6-4-3-5-7-8;7-6-4-2-1-3-5-6/h3-7,9H,2H2,1H3;1-5H.